The first-order valence-corrected chi connectivity index (χ1v) is 14.1. The van der Waals surface area contributed by atoms with E-state index in [-0.39, 0.29) is 0 Å². The molecule has 0 bridgehead atoms. The summed E-state index contributed by atoms with van der Waals surface area (Å²) in [5.74, 6) is 0. The summed E-state index contributed by atoms with van der Waals surface area (Å²) in [6, 6.07) is 47.3. The van der Waals surface area contributed by atoms with Gasteiger partial charge in [0.25, 0.3) is 0 Å². The Morgan fingerprint density at radius 1 is 0.514 bits per heavy atom. The lowest BCUT2D eigenvalue weighted by Gasteiger charge is -2.09. The third kappa shape index (κ3) is 2.99. The van der Waals surface area contributed by atoms with Crippen LogP contribution in [0, 0.1) is 0 Å². The zero-order valence-electron chi connectivity index (χ0n) is 20.5. The number of benzene rings is 6. The quantitative estimate of drug-likeness (QED) is 0.228. The molecular formula is C35H24NP. The fourth-order valence-electron chi connectivity index (χ4n) is 6.19. The van der Waals surface area contributed by atoms with Crippen LogP contribution in [0.15, 0.2) is 127 Å². The Balaban J connectivity index is 1.45. The molecule has 2 heteroatoms. The van der Waals surface area contributed by atoms with Gasteiger partial charge < -0.3 is 4.57 Å². The Kier molecular flexibility index (Phi) is 4.41. The van der Waals surface area contributed by atoms with Crippen LogP contribution >= 0.6 is 7.53 Å². The third-order valence-electron chi connectivity index (χ3n) is 7.89. The summed E-state index contributed by atoms with van der Waals surface area (Å²) in [5, 5.41) is 12.3. The van der Waals surface area contributed by atoms with Crippen LogP contribution in [-0.4, -0.2) is 4.57 Å². The van der Waals surface area contributed by atoms with E-state index in [0.717, 1.165) is 0 Å². The smallest absolute Gasteiger partial charge is 0.0568 e. The van der Waals surface area contributed by atoms with Crippen LogP contribution in [0.2, 0.25) is 0 Å². The number of aromatic nitrogens is 1. The van der Waals surface area contributed by atoms with Gasteiger partial charge in [0.05, 0.1) is 5.52 Å². The molecule has 174 valence electrons. The van der Waals surface area contributed by atoms with Crippen LogP contribution in [0.5, 0.6) is 0 Å². The molecule has 0 radical (unpaired) electrons. The summed E-state index contributed by atoms with van der Waals surface area (Å²) < 4.78 is 2.38. The number of hydrogen-bond donors (Lipinski definition) is 0. The van der Waals surface area contributed by atoms with E-state index in [9.17, 15) is 0 Å². The summed E-state index contributed by atoms with van der Waals surface area (Å²) >= 11 is 0. The first kappa shape index (κ1) is 20.8. The number of rotatable bonds is 2. The van der Waals surface area contributed by atoms with Gasteiger partial charge in [0.15, 0.2) is 0 Å². The number of aryl methyl sites for hydroxylation is 1. The van der Waals surface area contributed by atoms with Crippen LogP contribution in [0.4, 0.5) is 0 Å². The largest absolute Gasteiger partial charge is 0.343 e. The summed E-state index contributed by atoms with van der Waals surface area (Å²) in [6.45, 7) is 0. The van der Waals surface area contributed by atoms with Crippen LogP contribution in [0.25, 0.3) is 70.0 Å². The molecule has 1 atom stereocenters. The lowest BCUT2D eigenvalue weighted by Crippen LogP contribution is -1.90. The maximum Gasteiger partial charge on any atom is 0.0568 e. The second-order valence-corrected chi connectivity index (χ2v) is 12.0. The Morgan fingerprint density at radius 3 is 2.08 bits per heavy atom. The second kappa shape index (κ2) is 7.84. The number of nitrogens with zero attached hydrogens (tertiary/aromatic N) is 1. The van der Waals surface area contributed by atoms with Crippen LogP contribution in [0.3, 0.4) is 0 Å². The molecule has 0 aliphatic carbocycles. The second-order valence-electron chi connectivity index (χ2n) is 9.90. The topological polar surface area (TPSA) is 4.93 Å². The van der Waals surface area contributed by atoms with Crippen LogP contribution in [0.1, 0.15) is 0 Å². The summed E-state index contributed by atoms with van der Waals surface area (Å²) in [4.78, 5) is 0. The SMILES string of the molecule is Cn1c2cc3ccccc3cc2c2cccc(-c3ccc4c5ccccc5p(-c5ccccc5)c4c3)c21. The van der Waals surface area contributed by atoms with Gasteiger partial charge >= 0.3 is 0 Å². The lowest BCUT2D eigenvalue weighted by molar-refractivity contribution is 1.02. The minimum absolute atomic E-state index is 0.577. The van der Waals surface area contributed by atoms with Gasteiger partial charge in [-0.25, -0.2) is 0 Å². The fraction of sp³-hybridized carbons (Fsp3) is 0.0286. The molecule has 0 aliphatic rings. The van der Waals surface area contributed by atoms with Crippen molar-refractivity contribution >= 4 is 61.1 Å². The highest BCUT2D eigenvalue weighted by molar-refractivity contribution is 7.67. The van der Waals surface area contributed by atoms with Gasteiger partial charge in [-0.1, -0.05) is 117 Å². The van der Waals surface area contributed by atoms with Crippen molar-refractivity contribution in [1.82, 2.24) is 4.57 Å². The molecule has 2 aromatic heterocycles. The van der Waals surface area contributed by atoms with Gasteiger partial charge in [-0.05, 0) is 50.6 Å². The molecule has 1 nitrogen and oxygen atoms in total. The summed E-state index contributed by atoms with van der Waals surface area (Å²) in [5.41, 5.74) is 5.16. The summed E-state index contributed by atoms with van der Waals surface area (Å²) in [6.07, 6.45) is 0. The highest BCUT2D eigenvalue weighted by atomic mass is 31.1. The molecule has 37 heavy (non-hydrogen) atoms. The van der Waals surface area contributed by atoms with E-state index in [1.54, 1.807) is 0 Å². The van der Waals surface area contributed by atoms with E-state index in [4.69, 9.17) is 0 Å². The first-order chi connectivity index (χ1) is 18.3. The Hall–Kier alpha value is -4.32. The van der Waals surface area contributed by atoms with Crippen molar-refractivity contribution in [2.24, 2.45) is 7.05 Å². The summed E-state index contributed by atoms with van der Waals surface area (Å²) in [7, 11) is 1.63. The molecule has 8 aromatic rings. The molecule has 0 fully saturated rings. The maximum atomic E-state index is 2.47. The minimum atomic E-state index is -0.577. The van der Waals surface area contributed by atoms with Crippen molar-refractivity contribution in [3.8, 4) is 16.4 Å². The van der Waals surface area contributed by atoms with Crippen molar-refractivity contribution in [3.05, 3.63) is 127 Å². The average molecular weight is 490 g/mol. The lowest BCUT2D eigenvalue weighted by atomic mass is 10.00. The predicted molar refractivity (Wildman–Crippen MR) is 162 cm³/mol. The van der Waals surface area contributed by atoms with Crippen molar-refractivity contribution < 1.29 is 0 Å². The molecule has 0 amide bonds. The molecule has 0 spiro atoms. The average Bonchev–Trinajstić information content (AvgIpc) is 3.44. The Labute approximate surface area is 216 Å². The molecule has 0 saturated carbocycles. The zero-order chi connectivity index (χ0) is 24.5. The Bertz CT molecular complexity index is 2140. The van der Waals surface area contributed by atoms with Crippen molar-refractivity contribution in [3.63, 3.8) is 0 Å². The maximum absolute atomic E-state index is 2.47. The van der Waals surface area contributed by atoms with Crippen LogP contribution < -0.4 is 0 Å². The van der Waals surface area contributed by atoms with Crippen molar-refractivity contribution in [2.75, 3.05) is 0 Å². The molecule has 8 rings (SSSR count). The van der Waals surface area contributed by atoms with Gasteiger partial charge in [-0.3, -0.25) is 0 Å². The number of fused-ring (bicyclic) bond motifs is 7. The fourth-order valence-corrected chi connectivity index (χ4v) is 8.85. The van der Waals surface area contributed by atoms with Gasteiger partial charge in [0.1, 0.15) is 0 Å². The molecule has 6 aromatic carbocycles. The number of para-hydroxylation sites is 1. The van der Waals surface area contributed by atoms with E-state index < -0.39 is 7.53 Å². The minimum Gasteiger partial charge on any atom is -0.343 e. The molecule has 2 heterocycles. The molecule has 0 saturated heterocycles. The van der Waals surface area contributed by atoms with Gasteiger partial charge in [-0.2, -0.15) is 0 Å². The van der Waals surface area contributed by atoms with E-state index >= 15 is 0 Å². The molecule has 0 aliphatic heterocycles. The normalized spacial score (nSPS) is 12.4. The zero-order valence-corrected chi connectivity index (χ0v) is 21.4. The Morgan fingerprint density at radius 2 is 1.22 bits per heavy atom. The molecular weight excluding hydrogens is 465 g/mol. The molecule has 0 N–H and O–H groups in total. The predicted octanol–water partition coefficient (Wildman–Crippen LogP) is 10.4. The van der Waals surface area contributed by atoms with Gasteiger partial charge in [0.2, 0.25) is 0 Å². The molecule has 1 unspecified atom stereocenters. The van der Waals surface area contributed by atoms with Gasteiger partial charge in [0, 0.05) is 39.1 Å². The third-order valence-corrected chi connectivity index (χ3v) is 10.4. The van der Waals surface area contributed by atoms with E-state index in [1.807, 2.05) is 0 Å². The number of hydrogen-bond acceptors (Lipinski definition) is 0. The highest BCUT2D eigenvalue weighted by Crippen LogP contribution is 2.55. The first-order valence-electron chi connectivity index (χ1n) is 12.8. The standard InChI is InChI=1S/C35H24NP/c1-36-32-21-24-11-6-5-10-23(24)20-31(32)30-16-9-15-27(35(30)36)25-18-19-29-28-14-7-8-17-33(28)37(34(29)22-25)26-12-3-2-4-13-26/h2-22H,1H3. The van der Waals surface area contributed by atoms with Gasteiger partial charge in [-0.15, -0.1) is 0 Å². The van der Waals surface area contributed by atoms with Crippen molar-refractivity contribution in [1.29, 1.82) is 0 Å². The monoisotopic (exact) mass is 489 g/mol. The van der Waals surface area contributed by atoms with E-state index in [1.165, 1.54) is 70.0 Å². The van der Waals surface area contributed by atoms with E-state index in [0.29, 0.717) is 0 Å². The van der Waals surface area contributed by atoms with E-state index in [2.05, 4.69) is 139 Å². The van der Waals surface area contributed by atoms with Crippen LogP contribution in [-0.2, 0) is 7.05 Å². The van der Waals surface area contributed by atoms with Crippen molar-refractivity contribution in [2.45, 2.75) is 0 Å². The highest BCUT2D eigenvalue weighted by Gasteiger charge is 2.17.